The third-order valence-electron chi connectivity index (χ3n) is 3.55. The monoisotopic (exact) mass is 338 g/mol. The maximum atomic E-state index is 12.3. The zero-order valence-electron chi connectivity index (χ0n) is 11.4. The highest BCUT2D eigenvalue weighted by atomic mass is 35.5. The summed E-state index contributed by atoms with van der Waals surface area (Å²) in [5.74, 6) is -0.0170. The first kappa shape index (κ1) is 17.7. The van der Waals surface area contributed by atoms with Gasteiger partial charge in [-0.3, -0.25) is 0 Å². The molecule has 114 valence electrons. The average Bonchev–Trinajstić information content (AvgIpc) is 2.41. The second kappa shape index (κ2) is 7.61. The molecule has 0 atom stereocenters. The van der Waals surface area contributed by atoms with E-state index in [4.69, 9.17) is 11.6 Å². The largest absolute Gasteiger partial charge is 0.317 e. The lowest BCUT2D eigenvalue weighted by Gasteiger charge is -2.31. The Hall–Kier alpha value is -0.330. The summed E-state index contributed by atoms with van der Waals surface area (Å²) in [5.41, 5.74) is 0.667. The van der Waals surface area contributed by atoms with Crippen LogP contribution < -0.4 is 5.32 Å². The van der Waals surface area contributed by atoms with E-state index in [0.717, 1.165) is 12.8 Å². The molecule has 1 aromatic carbocycles. The van der Waals surface area contributed by atoms with Gasteiger partial charge in [0.25, 0.3) is 0 Å². The molecular formula is C13H20Cl2N2O2S. The Labute approximate surface area is 132 Å². The highest BCUT2D eigenvalue weighted by molar-refractivity contribution is 7.88. The molecule has 7 heteroatoms. The van der Waals surface area contributed by atoms with E-state index < -0.39 is 10.0 Å². The van der Waals surface area contributed by atoms with Crippen LogP contribution in [0.15, 0.2) is 24.3 Å². The predicted octanol–water partition coefficient (Wildman–Crippen LogP) is 2.28. The van der Waals surface area contributed by atoms with Gasteiger partial charge in [-0.05, 0) is 31.5 Å². The molecule has 0 spiro atoms. The van der Waals surface area contributed by atoms with Crippen molar-refractivity contribution in [3.8, 4) is 0 Å². The summed E-state index contributed by atoms with van der Waals surface area (Å²) in [6.07, 6.45) is 1.72. The van der Waals surface area contributed by atoms with E-state index in [2.05, 4.69) is 5.32 Å². The van der Waals surface area contributed by atoms with E-state index in [1.807, 2.05) is 13.1 Å². The van der Waals surface area contributed by atoms with Crippen LogP contribution in [0.25, 0.3) is 0 Å². The lowest BCUT2D eigenvalue weighted by molar-refractivity contribution is 0.298. The summed E-state index contributed by atoms with van der Waals surface area (Å²) in [5, 5.41) is 3.70. The number of hydrogen-bond acceptors (Lipinski definition) is 3. The normalized spacial score (nSPS) is 17.7. The Bertz CT molecular complexity index is 529. The van der Waals surface area contributed by atoms with Crippen LogP contribution in [-0.4, -0.2) is 38.9 Å². The van der Waals surface area contributed by atoms with E-state index in [0.29, 0.717) is 29.7 Å². The van der Waals surface area contributed by atoms with E-state index in [-0.39, 0.29) is 18.2 Å². The van der Waals surface area contributed by atoms with Crippen molar-refractivity contribution >= 4 is 34.0 Å². The third kappa shape index (κ3) is 4.33. The predicted molar refractivity (Wildman–Crippen MR) is 85.0 cm³/mol. The molecule has 0 bridgehead atoms. The van der Waals surface area contributed by atoms with Crippen molar-refractivity contribution in [2.24, 2.45) is 0 Å². The van der Waals surface area contributed by atoms with E-state index in [9.17, 15) is 8.42 Å². The van der Waals surface area contributed by atoms with Gasteiger partial charge in [-0.15, -0.1) is 12.4 Å². The van der Waals surface area contributed by atoms with Crippen LogP contribution in [0.1, 0.15) is 18.4 Å². The van der Waals surface area contributed by atoms with E-state index >= 15 is 0 Å². The van der Waals surface area contributed by atoms with Crippen molar-refractivity contribution in [1.82, 2.24) is 9.62 Å². The number of piperidine rings is 1. The molecule has 0 aliphatic carbocycles. The van der Waals surface area contributed by atoms with E-state index in [1.54, 1.807) is 22.5 Å². The van der Waals surface area contributed by atoms with Crippen molar-refractivity contribution in [2.45, 2.75) is 24.6 Å². The molecule has 1 aliphatic rings. The van der Waals surface area contributed by atoms with Gasteiger partial charge in [-0.2, -0.15) is 0 Å². The SMILES string of the molecule is CNC1CCN(S(=O)(=O)Cc2ccccc2Cl)CC1.Cl. The van der Waals surface area contributed by atoms with Gasteiger partial charge in [-0.25, -0.2) is 12.7 Å². The molecular weight excluding hydrogens is 319 g/mol. The number of benzene rings is 1. The molecule has 1 aromatic rings. The molecule has 0 unspecified atom stereocenters. The fourth-order valence-electron chi connectivity index (χ4n) is 2.33. The second-order valence-electron chi connectivity index (χ2n) is 4.81. The summed E-state index contributed by atoms with van der Waals surface area (Å²) < 4.78 is 26.3. The summed E-state index contributed by atoms with van der Waals surface area (Å²) in [6, 6.07) is 7.52. The van der Waals surface area contributed by atoms with Crippen molar-refractivity contribution < 1.29 is 8.42 Å². The minimum Gasteiger partial charge on any atom is -0.317 e. The number of nitrogens with one attached hydrogen (secondary N) is 1. The molecule has 4 nitrogen and oxygen atoms in total. The molecule has 1 saturated heterocycles. The van der Waals surface area contributed by atoms with Gasteiger partial charge in [0.05, 0.1) is 5.75 Å². The first-order valence-electron chi connectivity index (χ1n) is 6.41. The minimum absolute atomic E-state index is 0. The van der Waals surface area contributed by atoms with Crippen molar-refractivity contribution in [1.29, 1.82) is 0 Å². The first-order chi connectivity index (χ1) is 9.03. The standard InChI is InChI=1S/C13H19ClN2O2S.ClH/c1-15-12-6-8-16(9-7-12)19(17,18)10-11-4-2-3-5-13(11)14;/h2-5,12,15H,6-10H2,1H3;1H. The fraction of sp³-hybridized carbons (Fsp3) is 0.538. The fourth-order valence-corrected chi connectivity index (χ4v) is 4.20. The van der Waals surface area contributed by atoms with Gasteiger partial charge in [0.2, 0.25) is 10.0 Å². The van der Waals surface area contributed by atoms with Crippen molar-refractivity contribution in [3.63, 3.8) is 0 Å². The molecule has 1 N–H and O–H groups in total. The zero-order valence-corrected chi connectivity index (χ0v) is 13.8. The van der Waals surface area contributed by atoms with Gasteiger partial charge >= 0.3 is 0 Å². The Kier molecular flexibility index (Phi) is 6.75. The van der Waals surface area contributed by atoms with Crippen molar-refractivity contribution in [3.05, 3.63) is 34.9 Å². The number of hydrogen-bond donors (Lipinski definition) is 1. The zero-order chi connectivity index (χ0) is 13.9. The van der Waals surface area contributed by atoms with Crippen LogP contribution in [0.4, 0.5) is 0 Å². The molecule has 1 aliphatic heterocycles. The van der Waals surface area contributed by atoms with E-state index in [1.165, 1.54) is 0 Å². The number of rotatable bonds is 4. The average molecular weight is 339 g/mol. The topological polar surface area (TPSA) is 49.4 Å². The molecule has 0 aromatic heterocycles. The quantitative estimate of drug-likeness (QED) is 0.916. The van der Waals surface area contributed by atoms with Crippen LogP contribution in [0, 0.1) is 0 Å². The van der Waals surface area contributed by atoms with Crippen LogP contribution in [-0.2, 0) is 15.8 Å². The Morgan fingerprint density at radius 2 is 1.90 bits per heavy atom. The minimum atomic E-state index is -3.27. The summed E-state index contributed by atoms with van der Waals surface area (Å²) in [4.78, 5) is 0. The lowest BCUT2D eigenvalue weighted by Crippen LogP contribution is -2.44. The van der Waals surface area contributed by atoms with Gasteiger partial charge in [0.15, 0.2) is 0 Å². The van der Waals surface area contributed by atoms with Gasteiger partial charge in [-0.1, -0.05) is 29.8 Å². The van der Waals surface area contributed by atoms with Crippen LogP contribution in [0.3, 0.4) is 0 Å². The maximum Gasteiger partial charge on any atom is 0.218 e. The van der Waals surface area contributed by atoms with Gasteiger partial charge in [0.1, 0.15) is 0 Å². The molecule has 0 saturated carbocycles. The van der Waals surface area contributed by atoms with Crippen LogP contribution >= 0.6 is 24.0 Å². The first-order valence-corrected chi connectivity index (χ1v) is 8.40. The molecule has 20 heavy (non-hydrogen) atoms. The Morgan fingerprint density at radius 3 is 2.45 bits per heavy atom. The Balaban J connectivity index is 0.00000200. The number of sulfonamides is 1. The molecule has 0 amide bonds. The maximum absolute atomic E-state index is 12.3. The Morgan fingerprint density at radius 1 is 1.30 bits per heavy atom. The van der Waals surface area contributed by atoms with Crippen molar-refractivity contribution in [2.75, 3.05) is 20.1 Å². The highest BCUT2D eigenvalue weighted by Gasteiger charge is 2.27. The van der Waals surface area contributed by atoms with Crippen LogP contribution in [0.2, 0.25) is 5.02 Å². The molecule has 1 fully saturated rings. The summed E-state index contributed by atoms with van der Waals surface area (Å²) >= 11 is 6.02. The lowest BCUT2D eigenvalue weighted by atomic mass is 10.1. The molecule has 0 radical (unpaired) electrons. The number of halogens is 2. The summed E-state index contributed by atoms with van der Waals surface area (Å²) in [6.45, 7) is 1.16. The van der Waals surface area contributed by atoms with Gasteiger partial charge in [0, 0.05) is 24.2 Å². The third-order valence-corrected chi connectivity index (χ3v) is 5.75. The smallest absolute Gasteiger partial charge is 0.218 e. The van der Waals surface area contributed by atoms with Crippen LogP contribution in [0.5, 0.6) is 0 Å². The second-order valence-corrected chi connectivity index (χ2v) is 7.19. The summed E-state index contributed by atoms with van der Waals surface area (Å²) in [7, 11) is -1.35. The van der Waals surface area contributed by atoms with Gasteiger partial charge < -0.3 is 5.32 Å². The highest BCUT2D eigenvalue weighted by Crippen LogP contribution is 2.21. The number of nitrogens with zero attached hydrogens (tertiary/aromatic N) is 1. The molecule has 2 rings (SSSR count). The molecule has 1 heterocycles.